The minimum absolute atomic E-state index is 0.0283. The standard InChI is InChI=1S/C15H19N3O2/c1-11(17-13-6-7-20-10-13)9-18-15(19)14-5-3-2-4-12(14)8-16-18/h2-5,8,11,13,17H,6-7,9-10H2,1H3. The van der Waals surface area contributed by atoms with Crippen LogP contribution in [0.1, 0.15) is 13.3 Å². The summed E-state index contributed by atoms with van der Waals surface area (Å²) in [6.07, 6.45) is 2.78. The molecule has 1 aliphatic heterocycles. The highest BCUT2D eigenvalue weighted by molar-refractivity contribution is 5.80. The van der Waals surface area contributed by atoms with Crippen molar-refractivity contribution in [1.82, 2.24) is 15.1 Å². The van der Waals surface area contributed by atoms with Crippen molar-refractivity contribution in [3.05, 3.63) is 40.8 Å². The number of nitrogens with zero attached hydrogens (tertiary/aromatic N) is 2. The van der Waals surface area contributed by atoms with Gasteiger partial charge in [0.15, 0.2) is 0 Å². The predicted octanol–water partition coefficient (Wildman–Crippen LogP) is 1.16. The lowest BCUT2D eigenvalue weighted by Gasteiger charge is -2.18. The molecule has 0 aliphatic carbocycles. The van der Waals surface area contributed by atoms with Gasteiger partial charge in [-0.2, -0.15) is 5.10 Å². The van der Waals surface area contributed by atoms with E-state index in [-0.39, 0.29) is 11.6 Å². The van der Waals surface area contributed by atoms with Crippen LogP contribution in [0.4, 0.5) is 0 Å². The molecule has 1 N–H and O–H groups in total. The van der Waals surface area contributed by atoms with Crippen molar-refractivity contribution in [2.24, 2.45) is 0 Å². The largest absolute Gasteiger partial charge is 0.380 e. The lowest BCUT2D eigenvalue weighted by atomic mass is 10.2. The number of ether oxygens (including phenoxy) is 1. The zero-order valence-electron chi connectivity index (χ0n) is 11.6. The highest BCUT2D eigenvalue weighted by Gasteiger charge is 2.18. The molecule has 0 radical (unpaired) electrons. The third-order valence-corrected chi connectivity index (χ3v) is 3.66. The average molecular weight is 273 g/mol. The van der Waals surface area contributed by atoms with E-state index in [1.165, 1.54) is 4.68 Å². The Labute approximate surface area is 117 Å². The summed E-state index contributed by atoms with van der Waals surface area (Å²) in [5.74, 6) is 0. The lowest BCUT2D eigenvalue weighted by molar-refractivity contribution is 0.187. The van der Waals surface area contributed by atoms with Crippen molar-refractivity contribution in [3.63, 3.8) is 0 Å². The Morgan fingerprint density at radius 1 is 1.50 bits per heavy atom. The van der Waals surface area contributed by atoms with E-state index >= 15 is 0 Å². The zero-order valence-corrected chi connectivity index (χ0v) is 11.6. The van der Waals surface area contributed by atoms with Crippen LogP contribution in [-0.4, -0.2) is 35.1 Å². The highest BCUT2D eigenvalue weighted by Crippen LogP contribution is 2.07. The summed E-state index contributed by atoms with van der Waals surface area (Å²) in [5, 5.41) is 9.34. The van der Waals surface area contributed by atoms with E-state index < -0.39 is 0 Å². The molecule has 2 heterocycles. The number of fused-ring (bicyclic) bond motifs is 1. The quantitative estimate of drug-likeness (QED) is 0.908. The molecular weight excluding hydrogens is 254 g/mol. The molecule has 1 aromatic carbocycles. The maximum absolute atomic E-state index is 12.3. The summed E-state index contributed by atoms with van der Waals surface area (Å²) in [4.78, 5) is 12.3. The van der Waals surface area contributed by atoms with E-state index in [9.17, 15) is 4.79 Å². The molecule has 0 amide bonds. The van der Waals surface area contributed by atoms with Crippen molar-refractivity contribution in [3.8, 4) is 0 Å². The van der Waals surface area contributed by atoms with E-state index in [1.807, 2.05) is 24.3 Å². The molecule has 1 saturated heterocycles. The van der Waals surface area contributed by atoms with Gasteiger partial charge in [0.25, 0.3) is 5.56 Å². The molecular formula is C15H19N3O2. The van der Waals surface area contributed by atoms with E-state index in [0.29, 0.717) is 12.6 Å². The summed E-state index contributed by atoms with van der Waals surface area (Å²) in [6, 6.07) is 8.13. The van der Waals surface area contributed by atoms with Gasteiger partial charge in [-0.25, -0.2) is 4.68 Å². The van der Waals surface area contributed by atoms with E-state index in [0.717, 1.165) is 30.4 Å². The van der Waals surface area contributed by atoms with Gasteiger partial charge in [0.1, 0.15) is 0 Å². The van der Waals surface area contributed by atoms with Crippen LogP contribution < -0.4 is 10.9 Å². The molecule has 5 nitrogen and oxygen atoms in total. The number of rotatable bonds is 4. The summed E-state index contributed by atoms with van der Waals surface area (Å²) in [5.41, 5.74) is -0.0283. The van der Waals surface area contributed by atoms with Gasteiger partial charge in [0.2, 0.25) is 0 Å². The number of nitrogens with one attached hydrogen (secondary N) is 1. The smallest absolute Gasteiger partial charge is 0.274 e. The van der Waals surface area contributed by atoms with E-state index in [4.69, 9.17) is 4.74 Å². The van der Waals surface area contributed by atoms with Crippen LogP contribution >= 0.6 is 0 Å². The highest BCUT2D eigenvalue weighted by atomic mass is 16.5. The van der Waals surface area contributed by atoms with Gasteiger partial charge in [0.05, 0.1) is 24.7 Å². The van der Waals surface area contributed by atoms with Crippen molar-refractivity contribution < 1.29 is 4.74 Å². The van der Waals surface area contributed by atoms with Gasteiger partial charge < -0.3 is 10.1 Å². The maximum Gasteiger partial charge on any atom is 0.274 e. The molecule has 2 atom stereocenters. The first-order valence-electron chi connectivity index (χ1n) is 7.02. The van der Waals surface area contributed by atoms with Crippen LogP contribution in [0.15, 0.2) is 35.3 Å². The Kier molecular flexibility index (Phi) is 3.80. The van der Waals surface area contributed by atoms with Crippen molar-refractivity contribution in [2.45, 2.75) is 32.0 Å². The summed E-state index contributed by atoms with van der Waals surface area (Å²) < 4.78 is 6.88. The fourth-order valence-corrected chi connectivity index (χ4v) is 2.64. The Bertz CT molecular complexity index is 647. The normalized spacial score (nSPS) is 20.4. The van der Waals surface area contributed by atoms with E-state index in [2.05, 4.69) is 17.3 Å². The summed E-state index contributed by atoms with van der Waals surface area (Å²) in [6.45, 7) is 4.21. The van der Waals surface area contributed by atoms with Crippen LogP contribution in [0, 0.1) is 0 Å². The van der Waals surface area contributed by atoms with Crippen molar-refractivity contribution in [1.29, 1.82) is 0 Å². The number of hydrogen-bond donors (Lipinski definition) is 1. The van der Waals surface area contributed by atoms with Crippen LogP contribution in [0.2, 0.25) is 0 Å². The first-order valence-corrected chi connectivity index (χ1v) is 7.02. The van der Waals surface area contributed by atoms with Crippen molar-refractivity contribution in [2.75, 3.05) is 13.2 Å². The minimum Gasteiger partial charge on any atom is -0.380 e. The number of benzene rings is 1. The molecule has 3 rings (SSSR count). The molecule has 5 heteroatoms. The van der Waals surface area contributed by atoms with Gasteiger partial charge in [-0.1, -0.05) is 18.2 Å². The monoisotopic (exact) mass is 273 g/mol. The Morgan fingerprint density at radius 3 is 3.15 bits per heavy atom. The fraction of sp³-hybridized carbons (Fsp3) is 0.467. The first-order chi connectivity index (χ1) is 9.74. The van der Waals surface area contributed by atoms with Crippen LogP contribution in [0.3, 0.4) is 0 Å². The van der Waals surface area contributed by atoms with Gasteiger partial charge in [0, 0.05) is 24.1 Å². The van der Waals surface area contributed by atoms with E-state index in [1.54, 1.807) is 6.20 Å². The molecule has 0 saturated carbocycles. The van der Waals surface area contributed by atoms with Crippen LogP contribution in [-0.2, 0) is 11.3 Å². The Morgan fingerprint density at radius 2 is 2.35 bits per heavy atom. The minimum atomic E-state index is -0.0283. The second-order valence-corrected chi connectivity index (χ2v) is 5.35. The summed E-state index contributed by atoms with van der Waals surface area (Å²) in [7, 11) is 0. The van der Waals surface area contributed by atoms with Crippen molar-refractivity contribution >= 4 is 10.8 Å². The van der Waals surface area contributed by atoms with Crippen LogP contribution in [0.25, 0.3) is 10.8 Å². The third-order valence-electron chi connectivity index (χ3n) is 3.66. The topological polar surface area (TPSA) is 56.2 Å². The predicted molar refractivity (Wildman–Crippen MR) is 77.8 cm³/mol. The molecule has 2 unspecified atom stereocenters. The molecule has 1 aromatic heterocycles. The SMILES string of the molecule is CC(Cn1ncc2ccccc2c1=O)NC1CCOC1. The number of aromatic nitrogens is 2. The van der Waals surface area contributed by atoms with Gasteiger partial charge >= 0.3 is 0 Å². The molecule has 20 heavy (non-hydrogen) atoms. The molecule has 0 bridgehead atoms. The Balaban J connectivity index is 1.76. The molecule has 1 fully saturated rings. The van der Waals surface area contributed by atoms with Gasteiger partial charge in [-0.15, -0.1) is 0 Å². The van der Waals surface area contributed by atoms with Crippen LogP contribution in [0.5, 0.6) is 0 Å². The first kappa shape index (κ1) is 13.3. The molecule has 106 valence electrons. The second-order valence-electron chi connectivity index (χ2n) is 5.35. The third kappa shape index (κ3) is 2.73. The maximum atomic E-state index is 12.3. The van der Waals surface area contributed by atoms with Gasteiger partial charge in [-0.3, -0.25) is 4.79 Å². The molecule has 2 aromatic rings. The van der Waals surface area contributed by atoms with Gasteiger partial charge in [-0.05, 0) is 19.4 Å². The Hall–Kier alpha value is -1.72. The molecule has 0 spiro atoms. The summed E-state index contributed by atoms with van der Waals surface area (Å²) >= 11 is 0. The average Bonchev–Trinajstić information content (AvgIpc) is 2.95. The lowest BCUT2D eigenvalue weighted by Crippen LogP contribution is -2.41. The fourth-order valence-electron chi connectivity index (χ4n) is 2.64. The second kappa shape index (κ2) is 5.73. The zero-order chi connectivity index (χ0) is 13.9. The number of hydrogen-bond acceptors (Lipinski definition) is 4. The molecule has 1 aliphatic rings.